The molecule has 0 aliphatic heterocycles. The van der Waals surface area contributed by atoms with Crippen LogP contribution >= 0.6 is 11.6 Å². The molecule has 0 radical (unpaired) electrons. The summed E-state index contributed by atoms with van der Waals surface area (Å²) < 4.78 is 26.7. The van der Waals surface area contributed by atoms with E-state index in [-0.39, 0.29) is 10.0 Å². The highest BCUT2D eigenvalue weighted by atomic mass is 35.5. The van der Waals surface area contributed by atoms with Crippen molar-refractivity contribution in [3.63, 3.8) is 0 Å². The Morgan fingerprint density at radius 1 is 1.39 bits per heavy atom. The van der Waals surface area contributed by atoms with Crippen molar-refractivity contribution in [3.8, 4) is 0 Å². The van der Waals surface area contributed by atoms with Gasteiger partial charge in [-0.05, 0) is 25.0 Å². The van der Waals surface area contributed by atoms with Gasteiger partial charge in [-0.25, -0.2) is 18.1 Å². The zero-order valence-electron chi connectivity index (χ0n) is 9.71. The fourth-order valence-electron chi connectivity index (χ4n) is 2.08. The van der Waals surface area contributed by atoms with E-state index in [1.165, 1.54) is 18.3 Å². The summed E-state index contributed by atoms with van der Waals surface area (Å²) in [5.41, 5.74) is 0. The molecule has 0 aromatic carbocycles. The number of rotatable bonds is 3. The van der Waals surface area contributed by atoms with E-state index in [2.05, 4.69) is 9.71 Å². The topological polar surface area (TPSA) is 79.3 Å². The first-order valence-electron chi connectivity index (χ1n) is 5.81. The average Bonchev–Trinajstić information content (AvgIpc) is 2.32. The quantitative estimate of drug-likeness (QED) is 0.823. The summed E-state index contributed by atoms with van der Waals surface area (Å²) in [7, 11) is -3.73. The van der Waals surface area contributed by atoms with Crippen molar-refractivity contribution in [3.05, 3.63) is 23.5 Å². The van der Waals surface area contributed by atoms with Gasteiger partial charge in [0.25, 0.3) is 0 Å². The molecule has 100 valence electrons. The number of aliphatic hydroxyl groups is 1. The molecule has 2 N–H and O–H groups in total. The van der Waals surface area contributed by atoms with E-state index >= 15 is 0 Å². The Bertz CT molecular complexity index is 521. The van der Waals surface area contributed by atoms with Gasteiger partial charge < -0.3 is 5.11 Å². The minimum atomic E-state index is -3.73. The molecule has 5 nitrogen and oxygen atoms in total. The Morgan fingerprint density at radius 3 is 2.78 bits per heavy atom. The normalized spacial score (nSPS) is 25.0. The maximum absolute atomic E-state index is 12.1. The lowest BCUT2D eigenvalue weighted by Gasteiger charge is -2.28. The third kappa shape index (κ3) is 3.00. The lowest BCUT2D eigenvalue weighted by Crippen LogP contribution is -2.45. The van der Waals surface area contributed by atoms with Crippen LogP contribution < -0.4 is 4.72 Å². The van der Waals surface area contributed by atoms with Crippen molar-refractivity contribution in [2.24, 2.45) is 0 Å². The first-order valence-corrected chi connectivity index (χ1v) is 7.68. The fraction of sp³-hybridized carbons (Fsp3) is 0.545. The first kappa shape index (κ1) is 13.7. The van der Waals surface area contributed by atoms with Gasteiger partial charge in [0.2, 0.25) is 10.0 Å². The van der Waals surface area contributed by atoms with Gasteiger partial charge in [0, 0.05) is 12.2 Å². The van der Waals surface area contributed by atoms with Gasteiger partial charge in [0.05, 0.1) is 6.10 Å². The van der Waals surface area contributed by atoms with Crippen LogP contribution in [-0.4, -0.2) is 30.7 Å². The SMILES string of the molecule is O=S(=O)(NC1CCCCC1O)c1cccnc1Cl. The summed E-state index contributed by atoms with van der Waals surface area (Å²) in [5, 5.41) is 9.71. The molecule has 2 atom stereocenters. The van der Waals surface area contributed by atoms with Crippen molar-refractivity contribution in [1.29, 1.82) is 0 Å². The van der Waals surface area contributed by atoms with Gasteiger partial charge in [-0.1, -0.05) is 24.4 Å². The largest absolute Gasteiger partial charge is 0.391 e. The lowest BCUT2D eigenvalue weighted by molar-refractivity contribution is 0.101. The highest BCUT2D eigenvalue weighted by Crippen LogP contribution is 2.22. The minimum Gasteiger partial charge on any atom is -0.391 e. The summed E-state index contributed by atoms with van der Waals surface area (Å²) >= 11 is 5.77. The number of halogens is 1. The first-order chi connectivity index (χ1) is 8.50. The molecular weight excluding hydrogens is 276 g/mol. The van der Waals surface area contributed by atoms with Crippen molar-refractivity contribution < 1.29 is 13.5 Å². The highest BCUT2D eigenvalue weighted by Gasteiger charge is 2.29. The number of sulfonamides is 1. The second-order valence-corrected chi connectivity index (χ2v) is 6.41. The Balaban J connectivity index is 2.19. The molecule has 0 spiro atoms. The molecule has 2 rings (SSSR count). The number of hydrogen-bond acceptors (Lipinski definition) is 4. The zero-order chi connectivity index (χ0) is 13.2. The van der Waals surface area contributed by atoms with Crippen LogP contribution in [0.1, 0.15) is 25.7 Å². The Morgan fingerprint density at radius 2 is 2.11 bits per heavy atom. The molecule has 7 heteroatoms. The average molecular weight is 291 g/mol. The molecule has 1 saturated carbocycles. The lowest BCUT2D eigenvalue weighted by atomic mass is 9.93. The molecule has 1 heterocycles. The number of aromatic nitrogens is 1. The molecule has 0 bridgehead atoms. The maximum Gasteiger partial charge on any atom is 0.243 e. The summed E-state index contributed by atoms with van der Waals surface area (Å²) in [6.45, 7) is 0. The van der Waals surface area contributed by atoms with Crippen LogP contribution in [0.5, 0.6) is 0 Å². The van der Waals surface area contributed by atoms with E-state index in [1.807, 2.05) is 0 Å². The summed E-state index contributed by atoms with van der Waals surface area (Å²) in [6, 6.07) is 2.46. The molecule has 2 unspecified atom stereocenters. The van der Waals surface area contributed by atoms with E-state index in [1.54, 1.807) is 0 Å². The maximum atomic E-state index is 12.1. The number of nitrogens with one attached hydrogen (secondary N) is 1. The monoisotopic (exact) mass is 290 g/mol. The van der Waals surface area contributed by atoms with Crippen LogP contribution in [0.4, 0.5) is 0 Å². The third-order valence-corrected chi connectivity index (χ3v) is 4.99. The van der Waals surface area contributed by atoms with Crippen molar-refractivity contribution in [2.45, 2.75) is 42.7 Å². The minimum absolute atomic E-state index is 0.0514. The molecule has 1 aromatic heterocycles. The molecule has 18 heavy (non-hydrogen) atoms. The Kier molecular flexibility index (Phi) is 4.21. The molecule has 0 amide bonds. The number of pyridine rings is 1. The van der Waals surface area contributed by atoms with Crippen molar-refractivity contribution in [1.82, 2.24) is 9.71 Å². The number of nitrogens with zero attached hydrogens (tertiary/aromatic N) is 1. The van der Waals surface area contributed by atoms with Gasteiger partial charge in [-0.15, -0.1) is 0 Å². The van der Waals surface area contributed by atoms with Gasteiger partial charge in [-0.2, -0.15) is 0 Å². The number of aliphatic hydroxyl groups excluding tert-OH is 1. The van der Waals surface area contributed by atoms with Gasteiger partial charge >= 0.3 is 0 Å². The van der Waals surface area contributed by atoms with Gasteiger partial charge in [-0.3, -0.25) is 0 Å². The van der Waals surface area contributed by atoms with E-state index in [0.717, 1.165) is 12.8 Å². The summed E-state index contributed by atoms with van der Waals surface area (Å²) in [4.78, 5) is 3.69. The Labute approximate surface area is 111 Å². The highest BCUT2D eigenvalue weighted by molar-refractivity contribution is 7.89. The van der Waals surface area contributed by atoms with E-state index in [9.17, 15) is 13.5 Å². The predicted octanol–water partition coefficient (Wildman–Crippen LogP) is 1.32. The Hall–Kier alpha value is -0.690. The predicted molar refractivity (Wildman–Crippen MR) is 67.8 cm³/mol. The standard InChI is InChI=1S/C11H15ClN2O3S/c12-11-10(6-3-7-13-11)18(16,17)14-8-4-1-2-5-9(8)15/h3,6-9,14-15H,1-2,4-5H2. The fourth-order valence-corrected chi connectivity index (χ4v) is 3.84. The van der Waals surface area contributed by atoms with Crippen molar-refractivity contribution in [2.75, 3.05) is 0 Å². The molecule has 1 fully saturated rings. The van der Waals surface area contributed by atoms with Gasteiger partial charge in [0.1, 0.15) is 10.0 Å². The zero-order valence-corrected chi connectivity index (χ0v) is 11.3. The second-order valence-electron chi connectivity index (χ2n) is 4.37. The van der Waals surface area contributed by atoms with Crippen LogP contribution in [0.2, 0.25) is 5.15 Å². The molecule has 1 aliphatic rings. The second kappa shape index (κ2) is 5.52. The third-order valence-electron chi connectivity index (χ3n) is 3.05. The molecule has 1 aliphatic carbocycles. The van der Waals surface area contributed by atoms with Crippen LogP contribution in [0.25, 0.3) is 0 Å². The molecule has 1 aromatic rings. The summed E-state index contributed by atoms with van der Waals surface area (Å²) in [5.74, 6) is 0. The van der Waals surface area contributed by atoms with Crippen LogP contribution in [0, 0.1) is 0 Å². The van der Waals surface area contributed by atoms with E-state index < -0.39 is 22.2 Å². The molecular formula is C11H15ClN2O3S. The molecule has 0 saturated heterocycles. The van der Waals surface area contributed by atoms with E-state index in [0.29, 0.717) is 12.8 Å². The van der Waals surface area contributed by atoms with E-state index in [4.69, 9.17) is 11.6 Å². The van der Waals surface area contributed by atoms with Crippen LogP contribution in [0.3, 0.4) is 0 Å². The van der Waals surface area contributed by atoms with Crippen LogP contribution in [-0.2, 0) is 10.0 Å². The van der Waals surface area contributed by atoms with Crippen molar-refractivity contribution >= 4 is 21.6 Å². The van der Waals surface area contributed by atoms with Gasteiger partial charge in [0.15, 0.2) is 0 Å². The summed E-state index contributed by atoms with van der Waals surface area (Å²) in [6.07, 6.45) is 3.88. The van der Waals surface area contributed by atoms with Crippen LogP contribution in [0.15, 0.2) is 23.2 Å². The smallest absolute Gasteiger partial charge is 0.243 e. The number of hydrogen-bond donors (Lipinski definition) is 2.